The van der Waals surface area contributed by atoms with Crippen molar-refractivity contribution >= 4 is 0 Å². The van der Waals surface area contributed by atoms with Gasteiger partial charge in [0.15, 0.2) is 0 Å². The average molecular weight is 196 g/mol. The first-order chi connectivity index (χ1) is 6.86. The van der Waals surface area contributed by atoms with Crippen LogP contribution < -0.4 is 5.32 Å². The summed E-state index contributed by atoms with van der Waals surface area (Å²) < 4.78 is 0. The van der Waals surface area contributed by atoms with Crippen molar-refractivity contribution in [3.8, 4) is 0 Å². The van der Waals surface area contributed by atoms with Crippen LogP contribution in [0.25, 0.3) is 0 Å². The van der Waals surface area contributed by atoms with Gasteiger partial charge in [-0.15, -0.1) is 0 Å². The molecular formula is C12H24N2. The molecule has 2 fully saturated rings. The molecule has 1 atom stereocenters. The predicted octanol–water partition coefficient (Wildman–Crippen LogP) is 1.86. The summed E-state index contributed by atoms with van der Waals surface area (Å²) in [7, 11) is 0. The van der Waals surface area contributed by atoms with Crippen LogP contribution in [0.15, 0.2) is 0 Å². The van der Waals surface area contributed by atoms with Crippen LogP contribution in [0.3, 0.4) is 0 Å². The molecule has 14 heavy (non-hydrogen) atoms. The third kappa shape index (κ3) is 2.71. The zero-order chi connectivity index (χ0) is 9.80. The summed E-state index contributed by atoms with van der Waals surface area (Å²) in [5.41, 5.74) is 0. The van der Waals surface area contributed by atoms with Gasteiger partial charge in [0, 0.05) is 12.6 Å². The maximum absolute atomic E-state index is 3.50. The van der Waals surface area contributed by atoms with Crippen LogP contribution in [0.2, 0.25) is 0 Å². The second kappa shape index (κ2) is 5.13. The van der Waals surface area contributed by atoms with Crippen molar-refractivity contribution in [1.82, 2.24) is 10.2 Å². The van der Waals surface area contributed by atoms with Crippen LogP contribution in [-0.4, -0.2) is 37.1 Å². The molecule has 1 N–H and O–H groups in total. The summed E-state index contributed by atoms with van der Waals surface area (Å²) >= 11 is 0. The van der Waals surface area contributed by atoms with Crippen molar-refractivity contribution in [2.45, 2.75) is 45.1 Å². The summed E-state index contributed by atoms with van der Waals surface area (Å²) in [6, 6.07) is 0.748. The first-order valence-electron chi connectivity index (χ1n) is 6.31. The largest absolute Gasteiger partial charge is 0.315 e. The van der Waals surface area contributed by atoms with E-state index in [1.165, 1.54) is 58.3 Å². The Labute approximate surface area is 88.1 Å². The van der Waals surface area contributed by atoms with Gasteiger partial charge in [-0.2, -0.15) is 0 Å². The summed E-state index contributed by atoms with van der Waals surface area (Å²) in [4.78, 5) is 2.68. The molecule has 0 aromatic carbocycles. The molecule has 2 aliphatic rings. The average Bonchev–Trinajstić information content (AvgIpc) is 2.29. The molecule has 0 spiro atoms. The van der Waals surface area contributed by atoms with Crippen molar-refractivity contribution in [2.75, 3.05) is 26.2 Å². The van der Waals surface area contributed by atoms with E-state index in [9.17, 15) is 0 Å². The van der Waals surface area contributed by atoms with Gasteiger partial charge in [-0.25, -0.2) is 0 Å². The van der Waals surface area contributed by atoms with Gasteiger partial charge in [-0.05, 0) is 45.3 Å². The third-order valence-corrected chi connectivity index (χ3v) is 3.91. The predicted molar refractivity (Wildman–Crippen MR) is 60.5 cm³/mol. The Morgan fingerprint density at radius 1 is 1.29 bits per heavy atom. The summed E-state index contributed by atoms with van der Waals surface area (Å²) in [6.45, 7) is 7.41. The molecule has 2 rings (SSSR count). The van der Waals surface area contributed by atoms with Gasteiger partial charge < -0.3 is 5.32 Å². The Bertz CT molecular complexity index is 166. The van der Waals surface area contributed by atoms with Crippen LogP contribution in [0.1, 0.15) is 39.0 Å². The molecule has 1 aliphatic carbocycles. The molecule has 1 saturated carbocycles. The van der Waals surface area contributed by atoms with Gasteiger partial charge in [-0.1, -0.05) is 19.3 Å². The Hall–Kier alpha value is -0.0800. The quantitative estimate of drug-likeness (QED) is 0.741. The van der Waals surface area contributed by atoms with Crippen LogP contribution in [0, 0.1) is 5.92 Å². The fourth-order valence-electron chi connectivity index (χ4n) is 2.53. The topological polar surface area (TPSA) is 15.3 Å². The molecule has 2 nitrogen and oxygen atoms in total. The number of nitrogens with zero attached hydrogens (tertiary/aromatic N) is 1. The molecule has 0 aromatic heterocycles. The molecule has 1 saturated heterocycles. The van der Waals surface area contributed by atoms with E-state index >= 15 is 0 Å². The molecule has 0 radical (unpaired) electrons. The SMILES string of the molecule is CC1CNCCCN1CCC1CCC1. The second-order valence-electron chi connectivity index (χ2n) is 5.03. The standard InChI is InChI=1S/C12H24N2/c1-11-10-13-7-3-8-14(11)9-6-12-4-2-5-12/h11-13H,2-10H2,1H3. The lowest BCUT2D eigenvalue weighted by Gasteiger charge is -2.31. The highest BCUT2D eigenvalue weighted by Gasteiger charge is 2.21. The normalized spacial score (nSPS) is 31.1. The van der Waals surface area contributed by atoms with Gasteiger partial charge in [0.25, 0.3) is 0 Å². The fraction of sp³-hybridized carbons (Fsp3) is 1.00. The maximum atomic E-state index is 3.50. The van der Waals surface area contributed by atoms with Gasteiger partial charge in [0.05, 0.1) is 0 Å². The summed E-state index contributed by atoms with van der Waals surface area (Å²) in [5, 5.41) is 3.50. The van der Waals surface area contributed by atoms with Crippen molar-refractivity contribution in [1.29, 1.82) is 0 Å². The van der Waals surface area contributed by atoms with E-state index < -0.39 is 0 Å². The second-order valence-corrected chi connectivity index (χ2v) is 5.03. The Morgan fingerprint density at radius 2 is 2.14 bits per heavy atom. The minimum Gasteiger partial charge on any atom is -0.315 e. The molecule has 1 unspecified atom stereocenters. The Morgan fingerprint density at radius 3 is 2.86 bits per heavy atom. The minimum absolute atomic E-state index is 0.748. The molecule has 1 aliphatic heterocycles. The van der Waals surface area contributed by atoms with E-state index in [1.54, 1.807) is 0 Å². The molecule has 0 aromatic rings. The van der Waals surface area contributed by atoms with E-state index in [0.717, 1.165) is 12.0 Å². The van der Waals surface area contributed by atoms with E-state index in [0.29, 0.717) is 0 Å². The lowest BCUT2D eigenvalue weighted by Crippen LogP contribution is -2.38. The van der Waals surface area contributed by atoms with Crippen LogP contribution >= 0.6 is 0 Å². The van der Waals surface area contributed by atoms with Crippen LogP contribution in [0.5, 0.6) is 0 Å². The van der Waals surface area contributed by atoms with Crippen molar-refractivity contribution < 1.29 is 0 Å². The number of rotatable bonds is 3. The molecule has 0 amide bonds. The first kappa shape index (κ1) is 10.4. The summed E-state index contributed by atoms with van der Waals surface area (Å²) in [5.74, 6) is 1.07. The van der Waals surface area contributed by atoms with Gasteiger partial charge in [0.2, 0.25) is 0 Å². The molecule has 2 heteroatoms. The van der Waals surface area contributed by atoms with Gasteiger partial charge in [0.1, 0.15) is 0 Å². The number of hydrogen-bond donors (Lipinski definition) is 1. The van der Waals surface area contributed by atoms with Crippen LogP contribution in [-0.2, 0) is 0 Å². The first-order valence-corrected chi connectivity index (χ1v) is 6.31. The minimum atomic E-state index is 0.748. The smallest absolute Gasteiger partial charge is 0.0192 e. The van der Waals surface area contributed by atoms with E-state index in [4.69, 9.17) is 0 Å². The number of nitrogens with one attached hydrogen (secondary N) is 1. The Kier molecular flexibility index (Phi) is 3.82. The summed E-state index contributed by atoms with van der Waals surface area (Å²) in [6.07, 6.45) is 7.27. The van der Waals surface area contributed by atoms with Crippen molar-refractivity contribution in [3.05, 3.63) is 0 Å². The molecule has 82 valence electrons. The molecule has 0 bridgehead atoms. The third-order valence-electron chi connectivity index (χ3n) is 3.91. The highest BCUT2D eigenvalue weighted by Crippen LogP contribution is 2.29. The van der Waals surface area contributed by atoms with E-state index in [2.05, 4.69) is 17.1 Å². The van der Waals surface area contributed by atoms with Crippen molar-refractivity contribution in [2.24, 2.45) is 5.92 Å². The highest BCUT2D eigenvalue weighted by molar-refractivity contribution is 4.77. The van der Waals surface area contributed by atoms with E-state index in [1.807, 2.05) is 0 Å². The van der Waals surface area contributed by atoms with Gasteiger partial charge >= 0.3 is 0 Å². The van der Waals surface area contributed by atoms with Crippen LogP contribution in [0.4, 0.5) is 0 Å². The Balaban J connectivity index is 1.70. The zero-order valence-electron chi connectivity index (χ0n) is 9.47. The lowest BCUT2D eigenvalue weighted by atomic mass is 9.83. The van der Waals surface area contributed by atoms with Gasteiger partial charge in [-0.3, -0.25) is 4.90 Å². The monoisotopic (exact) mass is 196 g/mol. The number of hydrogen-bond acceptors (Lipinski definition) is 2. The highest BCUT2D eigenvalue weighted by atomic mass is 15.2. The zero-order valence-corrected chi connectivity index (χ0v) is 9.47. The molecule has 1 heterocycles. The molecular weight excluding hydrogens is 172 g/mol. The lowest BCUT2D eigenvalue weighted by molar-refractivity contribution is 0.182. The maximum Gasteiger partial charge on any atom is 0.0192 e. The fourth-order valence-corrected chi connectivity index (χ4v) is 2.53. The van der Waals surface area contributed by atoms with E-state index in [-0.39, 0.29) is 0 Å². The van der Waals surface area contributed by atoms with Crippen molar-refractivity contribution in [3.63, 3.8) is 0 Å².